The molecule has 8 atom stereocenters. The van der Waals surface area contributed by atoms with Crippen LogP contribution in [0.3, 0.4) is 0 Å². The van der Waals surface area contributed by atoms with E-state index in [-0.39, 0.29) is 64.5 Å². The van der Waals surface area contributed by atoms with Crippen LogP contribution in [0.4, 0.5) is 0 Å². The van der Waals surface area contributed by atoms with E-state index < -0.39 is 33.2 Å². The quantitative estimate of drug-likeness (QED) is 0.139. The number of hydrogen-bond acceptors (Lipinski definition) is 7. The molecule has 10 heteroatoms. The average Bonchev–Trinajstić information content (AvgIpc) is 3.07. The zero-order chi connectivity index (χ0) is 38.7. The largest absolute Gasteiger partial charge is 0.462 e. The minimum Gasteiger partial charge on any atom is -0.462 e. The summed E-state index contributed by atoms with van der Waals surface area (Å²) in [5.41, 5.74) is 2.03. The molecule has 1 amide bonds. The lowest BCUT2D eigenvalue weighted by atomic mass is 9.33. The highest BCUT2D eigenvalue weighted by atomic mass is 32.2. The zero-order valence-corrected chi connectivity index (χ0v) is 33.9. The molecule has 1 aromatic carbocycles. The van der Waals surface area contributed by atoms with Crippen LogP contribution in [0.5, 0.6) is 0 Å². The Kier molecular flexibility index (Phi) is 10.6. The van der Waals surface area contributed by atoms with Crippen molar-refractivity contribution in [2.24, 2.45) is 50.2 Å². The molecule has 2 N–H and O–H groups in total. The van der Waals surface area contributed by atoms with Gasteiger partial charge in [0.15, 0.2) is 0 Å². The third-order valence-corrected chi connectivity index (χ3v) is 16.4. The van der Waals surface area contributed by atoms with E-state index in [1.165, 1.54) is 5.57 Å². The Morgan fingerprint density at radius 3 is 2.26 bits per heavy atom. The topological polar surface area (TPSA) is 136 Å². The van der Waals surface area contributed by atoms with Crippen molar-refractivity contribution in [3.05, 3.63) is 47.5 Å². The lowest BCUT2D eigenvalue weighted by Crippen LogP contribution is -2.65. The number of rotatable bonds is 10. The van der Waals surface area contributed by atoms with E-state index >= 15 is 0 Å². The Bertz CT molecular complexity index is 1720. The van der Waals surface area contributed by atoms with Gasteiger partial charge in [0.05, 0.1) is 17.6 Å². The van der Waals surface area contributed by atoms with Gasteiger partial charge in [-0.3, -0.25) is 18.9 Å². The predicted molar refractivity (Wildman–Crippen MR) is 204 cm³/mol. The maximum atomic E-state index is 14.3. The highest BCUT2D eigenvalue weighted by Gasteiger charge is 2.69. The normalized spacial score (nSPS) is 37.0. The molecule has 0 aliphatic heterocycles. The number of amides is 1. The monoisotopic (exact) mass is 753 g/mol. The molecule has 0 bridgehead atoms. The van der Waals surface area contributed by atoms with Crippen molar-refractivity contribution in [3.63, 3.8) is 0 Å². The van der Waals surface area contributed by atoms with Gasteiger partial charge in [-0.15, -0.1) is 0 Å². The van der Waals surface area contributed by atoms with Gasteiger partial charge in [0.1, 0.15) is 12.7 Å². The molecular weight excluding hydrogens is 691 g/mol. The Labute approximate surface area is 317 Å². The first-order valence-electron chi connectivity index (χ1n) is 20.0. The molecule has 0 radical (unpaired) electrons. The Morgan fingerprint density at radius 1 is 0.868 bits per heavy atom. The lowest BCUT2D eigenvalue weighted by molar-refractivity contribution is -0.214. The highest BCUT2D eigenvalue weighted by Crippen LogP contribution is 2.76. The summed E-state index contributed by atoms with van der Waals surface area (Å²) in [5, 5.41) is 2.43. The Hall–Kier alpha value is -2.72. The molecule has 4 fully saturated rings. The molecular formula is C43H63NO8S. The summed E-state index contributed by atoms with van der Waals surface area (Å²) in [7, 11) is -4.17. The van der Waals surface area contributed by atoms with Crippen LogP contribution in [-0.4, -0.2) is 49.2 Å². The Balaban J connectivity index is 1.19. The van der Waals surface area contributed by atoms with Crippen LogP contribution in [0.1, 0.15) is 131 Å². The third kappa shape index (κ3) is 7.25. The van der Waals surface area contributed by atoms with Crippen molar-refractivity contribution >= 4 is 28.0 Å². The molecule has 0 aromatic heterocycles. The van der Waals surface area contributed by atoms with Crippen molar-refractivity contribution in [3.8, 4) is 0 Å². The molecule has 0 heterocycles. The molecule has 6 rings (SSSR count). The van der Waals surface area contributed by atoms with E-state index in [1.807, 2.05) is 30.3 Å². The van der Waals surface area contributed by atoms with Gasteiger partial charge in [-0.05, 0) is 109 Å². The van der Waals surface area contributed by atoms with Crippen LogP contribution in [-0.2, 0) is 40.6 Å². The van der Waals surface area contributed by atoms with Gasteiger partial charge in [-0.25, -0.2) is 0 Å². The smallest absolute Gasteiger partial charge is 0.313 e. The molecule has 53 heavy (non-hydrogen) atoms. The van der Waals surface area contributed by atoms with E-state index in [4.69, 9.17) is 14.0 Å². The van der Waals surface area contributed by atoms with Crippen molar-refractivity contribution in [1.82, 2.24) is 5.32 Å². The first kappa shape index (κ1) is 40.0. The van der Waals surface area contributed by atoms with Crippen LogP contribution < -0.4 is 5.32 Å². The van der Waals surface area contributed by atoms with E-state index in [1.54, 1.807) is 0 Å². The van der Waals surface area contributed by atoms with Crippen molar-refractivity contribution in [1.29, 1.82) is 0 Å². The summed E-state index contributed by atoms with van der Waals surface area (Å²) < 4.78 is 43.1. The number of fused-ring (bicyclic) bond motifs is 7. The van der Waals surface area contributed by atoms with Gasteiger partial charge in [0, 0.05) is 18.4 Å². The number of carbonyl (C=O) groups is 3. The summed E-state index contributed by atoms with van der Waals surface area (Å²) in [6, 6.07) is 10.0. The summed E-state index contributed by atoms with van der Waals surface area (Å²) in [6.07, 6.45) is 11.7. The number of nitrogens with one attached hydrogen (secondary N) is 1. The van der Waals surface area contributed by atoms with Gasteiger partial charge in [0.2, 0.25) is 5.91 Å². The maximum Gasteiger partial charge on any atom is 0.313 e. The van der Waals surface area contributed by atoms with E-state index in [0.29, 0.717) is 18.4 Å². The van der Waals surface area contributed by atoms with E-state index in [2.05, 4.69) is 59.9 Å². The van der Waals surface area contributed by atoms with Crippen LogP contribution in [0.15, 0.2) is 42.0 Å². The van der Waals surface area contributed by atoms with Crippen LogP contribution in [0.2, 0.25) is 0 Å². The number of carbonyl (C=O) groups excluding carboxylic acids is 3. The fraction of sp³-hybridized carbons (Fsp3) is 0.744. The van der Waals surface area contributed by atoms with Gasteiger partial charge < -0.3 is 14.8 Å². The SMILES string of the molecule is CC1(C)CC[C@]2(C(=O)OCc3ccccc3)CC[C@]3(C)C(=CC[C@@H]4[C@@]5(C)CC[C@H](OC(=O)CCC(=O)NCCS(=O)(=O)O)C(C)(C)[C@@H]5CC[C@]43C)[C@@H]2C1. The van der Waals surface area contributed by atoms with Gasteiger partial charge in [-0.1, -0.05) is 90.4 Å². The number of hydrogen-bond donors (Lipinski definition) is 2. The van der Waals surface area contributed by atoms with Gasteiger partial charge in [-0.2, -0.15) is 8.42 Å². The molecule has 5 aliphatic carbocycles. The minimum absolute atomic E-state index is 0.0138. The Morgan fingerprint density at radius 2 is 1.57 bits per heavy atom. The van der Waals surface area contributed by atoms with Crippen molar-refractivity contribution in [2.45, 2.75) is 138 Å². The average molecular weight is 754 g/mol. The first-order chi connectivity index (χ1) is 24.7. The standard InChI is InChI=1S/C43H63NO8S/c1-38(2)21-23-43(37(47)51-28-29-11-9-8-10-12-29)24-22-41(6)30(31(43)27-38)13-14-33-40(5)19-18-34(39(3,4)32(40)17-20-42(33,41)7)52-36(46)16-15-35(45)44-25-26-53(48,49)50/h8-13,31-34H,14-28H2,1-7H3,(H,44,45)(H,48,49,50)/t31-,32-,33+,34-,40-,41+,42+,43-/m0/s1. The first-order valence-corrected chi connectivity index (χ1v) is 21.6. The second kappa shape index (κ2) is 14.1. The highest BCUT2D eigenvalue weighted by molar-refractivity contribution is 7.85. The van der Waals surface area contributed by atoms with Gasteiger partial charge >= 0.3 is 11.9 Å². The molecule has 9 nitrogen and oxygen atoms in total. The van der Waals surface area contributed by atoms with Gasteiger partial charge in [0.25, 0.3) is 10.1 Å². The number of allylic oxidation sites excluding steroid dienone is 2. The molecule has 4 saturated carbocycles. The van der Waals surface area contributed by atoms with E-state index in [9.17, 15) is 22.8 Å². The number of benzene rings is 1. The molecule has 0 saturated heterocycles. The number of ether oxygens (including phenoxy) is 2. The number of esters is 2. The summed E-state index contributed by atoms with van der Waals surface area (Å²) in [6.45, 7) is 16.9. The van der Waals surface area contributed by atoms with Crippen LogP contribution in [0.25, 0.3) is 0 Å². The molecule has 0 spiro atoms. The molecule has 1 aromatic rings. The fourth-order valence-electron chi connectivity index (χ4n) is 12.5. The second-order valence-corrected chi connectivity index (χ2v) is 21.0. The molecule has 294 valence electrons. The molecule has 0 unspecified atom stereocenters. The van der Waals surface area contributed by atoms with E-state index in [0.717, 1.165) is 69.8 Å². The fourth-order valence-corrected chi connectivity index (χ4v) is 12.9. The lowest BCUT2D eigenvalue weighted by Gasteiger charge is -2.71. The maximum absolute atomic E-state index is 14.3. The van der Waals surface area contributed by atoms with Crippen molar-refractivity contribution < 1.29 is 36.8 Å². The van der Waals surface area contributed by atoms with Crippen LogP contribution in [0, 0.1) is 50.2 Å². The summed E-state index contributed by atoms with van der Waals surface area (Å²) >= 11 is 0. The second-order valence-electron chi connectivity index (χ2n) is 19.4. The predicted octanol–water partition coefficient (Wildman–Crippen LogP) is 8.23. The van der Waals surface area contributed by atoms with Crippen LogP contribution >= 0.6 is 0 Å². The third-order valence-electron chi connectivity index (χ3n) is 15.7. The van der Waals surface area contributed by atoms with Crippen molar-refractivity contribution in [2.75, 3.05) is 12.3 Å². The molecule has 5 aliphatic rings. The zero-order valence-electron chi connectivity index (χ0n) is 33.1. The minimum atomic E-state index is -4.17. The summed E-state index contributed by atoms with van der Waals surface area (Å²) in [4.78, 5) is 39.5. The summed E-state index contributed by atoms with van der Waals surface area (Å²) in [5.74, 6) is -0.470.